The molecule has 1 aromatic carbocycles. The van der Waals surface area contributed by atoms with Crippen molar-refractivity contribution in [2.24, 2.45) is 7.05 Å². The molecule has 8 heteroatoms. The molecule has 0 saturated heterocycles. The Kier molecular flexibility index (Phi) is 9.02. The van der Waals surface area contributed by atoms with Crippen molar-refractivity contribution in [1.82, 2.24) is 9.47 Å². The third-order valence-corrected chi connectivity index (χ3v) is 5.39. The molecule has 0 aliphatic carbocycles. The van der Waals surface area contributed by atoms with Gasteiger partial charge in [-0.05, 0) is 51.0 Å². The molecule has 0 aliphatic heterocycles. The van der Waals surface area contributed by atoms with Gasteiger partial charge in [0.2, 0.25) is 0 Å². The fourth-order valence-electron chi connectivity index (χ4n) is 3.72. The first-order valence-corrected chi connectivity index (χ1v) is 10.5. The van der Waals surface area contributed by atoms with Crippen LogP contribution in [0, 0.1) is 13.8 Å². The number of hydrogen-bond donors (Lipinski definition) is 0. The van der Waals surface area contributed by atoms with E-state index in [9.17, 15) is 14.4 Å². The van der Waals surface area contributed by atoms with Crippen LogP contribution < -0.4 is 4.74 Å². The number of Topliss-reactive ketones (excluding diaryl/α,β-unsaturated/α-hetero) is 1. The number of aromatic nitrogens is 1. The van der Waals surface area contributed by atoms with E-state index in [-0.39, 0.29) is 24.8 Å². The highest BCUT2D eigenvalue weighted by molar-refractivity contribution is 6.06. The van der Waals surface area contributed by atoms with Gasteiger partial charge in [-0.1, -0.05) is 6.07 Å². The summed E-state index contributed by atoms with van der Waals surface area (Å²) in [7, 11) is 4.85. The summed E-state index contributed by atoms with van der Waals surface area (Å²) >= 11 is 0. The number of ketones is 1. The van der Waals surface area contributed by atoms with Crippen molar-refractivity contribution in [3.63, 3.8) is 0 Å². The minimum Gasteiger partial charge on any atom is -0.497 e. The van der Waals surface area contributed by atoms with Gasteiger partial charge in [0.25, 0.3) is 5.91 Å². The summed E-state index contributed by atoms with van der Waals surface area (Å²) in [4.78, 5) is 40.4. The van der Waals surface area contributed by atoms with E-state index in [1.54, 1.807) is 63.8 Å². The first kappa shape index (κ1) is 25.1. The first-order valence-electron chi connectivity index (χ1n) is 10.5. The van der Waals surface area contributed by atoms with Crippen LogP contribution in [0.15, 0.2) is 24.3 Å². The third kappa shape index (κ3) is 5.56. The standard InChI is InChI=1S/C24H32N2O6/c1-7-32-24(29)22-16(2)21(17(3)25(22)4)20(27)15-26(12-9-13-30-5)23(28)18-10-8-11-19(14-18)31-6/h8,10-11,14H,7,9,12-13,15H2,1-6H3. The summed E-state index contributed by atoms with van der Waals surface area (Å²) in [6.07, 6.45) is 0.584. The normalized spacial score (nSPS) is 10.7. The number of benzene rings is 1. The number of carbonyl (C=O) groups is 3. The largest absolute Gasteiger partial charge is 0.497 e. The SMILES string of the molecule is CCOC(=O)c1c(C)c(C(=O)CN(CCCOC)C(=O)c2cccc(OC)c2)c(C)n1C. The highest BCUT2D eigenvalue weighted by Crippen LogP contribution is 2.23. The average molecular weight is 445 g/mol. The second kappa shape index (κ2) is 11.5. The van der Waals surface area contributed by atoms with Crippen molar-refractivity contribution in [3.05, 3.63) is 52.3 Å². The maximum absolute atomic E-state index is 13.3. The maximum atomic E-state index is 13.3. The van der Waals surface area contributed by atoms with Crippen LogP contribution in [0.3, 0.4) is 0 Å². The zero-order valence-electron chi connectivity index (χ0n) is 19.7. The fraction of sp³-hybridized carbons (Fsp3) is 0.458. The lowest BCUT2D eigenvalue weighted by Gasteiger charge is -2.22. The molecule has 0 bridgehead atoms. The van der Waals surface area contributed by atoms with Gasteiger partial charge in [0, 0.05) is 44.1 Å². The molecule has 1 heterocycles. The number of methoxy groups -OCH3 is 2. The van der Waals surface area contributed by atoms with E-state index in [0.29, 0.717) is 53.4 Å². The highest BCUT2D eigenvalue weighted by Gasteiger charge is 2.28. The van der Waals surface area contributed by atoms with Crippen LogP contribution in [-0.2, 0) is 16.5 Å². The lowest BCUT2D eigenvalue weighted by atomic mass is 10.0. The second-order valence-corrected chi connectivity index (χ2v) is 7.44. The minimum absolute atomic E-state index is 0.117. The molecular weight excluding hydrogens is 412 g/mol. The molecule has 0 fully saturated rings. The molecule has 0 unspecified atom stereocenters. The molecule has 1 amide bonds. The van der Waals surface area contributed by atoms with Gasteiger partial charge in [-0.3, -0.25) is 9.59 Å². The second-order valence-electron chi connectivity index (χ2n) is 7.44. The molecule has 2 aromatic rings. The summed E-state index contributed by atoms with van der Waals surface area (Å²) in [6.45, 7) is 6.19. The van der Waals surface area contributed by atoms with E-state index in [4.69, 9.17) is 14.2 Å². The Labute approximate surface area is 189 Å². The van der Waals surface area contributed by atoms with Gasteiger partial charge in [-0.15, -0.1) is 0 Å². The van der Waals surface area contributed by atoms with Crippen molar-refractivity contribution in [3.8, 4) is 5.75 Å². The molecule has 2 rings (SSSR count). The molecule has 8 nitrogen and oxygen atoms in total. The zero-order chi connectivity index (χ0) is 23.8. The Balaban J connectivity index is 2.35. The Bertz CT molecular complexity index is 979. The van der Waals surface area contributed by atoms with Gasteiger partial charge < -0.3 is 23.7 Å². The summed E-state index contributed by atoms with van der Waals surface area (Å²) < 4.78 is 17.1. The number of amides is 1. The Hall–Kier alpha value is -3.13. The van der Waals surface area contributed by atoms with E-state index in [1.165, 1.54) is 12.0 Å². The van der Waals surface area contributed by atoms with Crippen LogP contribution in [0.4, 0.5) is 0 Å². The molecule has 174 valence electrons. The molecule has 32 heavy (non-hydrogen) atoms. The number of rotatable bonds is 11. The molecule has 0 N–H and O–H groups in total. The number of ether oxygens (including phenoxy) is 3. The van der Waals surface area contributed by atoms with Crippen molar-refractivity contribution in [2.45, 2.75) is 27.2 Å². The van der Waals surface area contributed by atoms with Gasteiger partial charge in [0.05, 0.1) is 20.3 Å². The molecule has 0 aliphatic rings. The summed E-state index contributed by atoms with van der Waals surface area (Å²) in [5.41, 5.74) is 2.42. The lowest BCUT2D eigenvalue weighted by molar-refractivity contribution is 0.0514. The van der Waals surface area contributed by atoms with Gasteiger partial charge in [-0.2, -0.15) is 0 Å². The monoisotopic (exact) mass is 444 g/mol. The Morgan fingerprint density at radius 2 is 1.84 bits per heavy atom. The summed E-state index contributed by atoms with van der Waals surface area (Å²) in [5, 5.41) is 0. The minimum atomic E-state index is -0.473. The molecular formula is C24H32N2O6. The van der Waals surface area contributed by atoms with Crippen LogP contribution in [0.25, 0.3) is 0 Å². The Morgan fingerprint density at radius 3 is 2.47 bits per heavy atom. The van der Waals surface area contributed by atoms with E-state index in [1.807, 2.05) is 0 Å². The fourth-order valence-corrected chi connectivity index (χ4v) is 3.72. The average Bonchev–Trinajstić information content (AvgIpc) is 3.00. The molecule has 0 atom stereocenters. The van der Waals surface area contributed by atoms with E-state index in [2.05, 4.69) is 0 Å². The van der Waals surface area contributed by atoms with Crippen LogP contribution in [0.5, 0.6) is 5.75 Å². The van der Waals surface area contributed by atoms with Crippen LogP contribution in [0.2, 0.25) is 0 Å². The van der Waals surface area contributed by atoms with Crippen LogP contribution >= 0.6 is 0 Å². The zero-order valence-corrected chi connectivity index (χ0v) is 19.7. The first-order chi connectivity index (χ1) is 15.3. The van der Waals surface area contributed by atoms with Crippen molar-refractivity contribution in [2.75, 3.05) is 40.5 Å². The van der Waals surface area contributed by atoms with Gasteiger partial charge in [-0.25, -0.2) is 4.79 Å². The van der Waals surface area contributed by atoms with Crippen LogP contribution in [-0.4, -0.2) is 67.6 Å². The number of hydrogen-bond acceptors (Lipinski definition) is 6. The van der Waals surface area contributed by atoms with E-state index < -0.39 is 5.97 Å². The summed E-state index contributed by atoms with van der Waals surface area (Å²) in [5.74, 6) is -0.420. The van der Waals surface area contributed by atoms with Crippen molar-refractivity contribution in [1.29, 1.82) is 0 Å². The van der Waals surface area contributed by atoms with Crippen molar-refractivity contribution < 1.29 is 28.6 Å². The quantitative estimate of drug-likeness (QED) is 0.301. The van der Waals surface area contributed by atoms with Gasteiger partial charge >= 0.3 is 5.97 Å². The van der Waals surface area contributed by atoms with Gasteiger partial charge in [0.1, 0.15) is 11.4 Å². The van der Waals surface area contributed by atoms with Gasteiger partial charge in [0.15, 0.2) is 5.78 Å². The predicted molar refractivity (Wildman–Crippen MR) is 121 cm³/mol. The smallest absolute Gasteiger partial charge is 0.355 e. The number of esters is 1. The van der Waals surface area contributed by atoms with Crippen molar-refractivity contribution >= 4 is 17.7 Å². The predicted octanol–water partition coefficient (Wildman–Crippen LogP) is 3.19. The maximum Gasteiger partial charge on any atom is 0.355 e. The molecule has 0 spiro atoms. The van der Waals surface area contributed by atoms with E-state index >= 15 is 0 Å². The lowest BCUT2D eigenvalue weighted by Crippen LogP contribution is -2.37. The third-order valence-electron chi connectivity index (χ3n) is 5.39. The van der Waals surface area contributed by atoms with Crippen LogP contribution in [0.1, 0.15) is 55.8 Å². The molecule has 0 saturated carbocycles. The Morgan fingerprint density at radius 1 is 1.12 bits per heavy atom. The topological polar surface area (TPSA) is 87.1 Å². The highest BCUT2D eigenvalue weighted by atomic mass is 16.5. The number of nitrogens with zero attached hydrogens (tertiary/aromatic N) is 2. The van der Waals surface area contributed by atoms with E-state index in [0.717, 1.165) is 0 Å². The number of carbonyl (C=O) groups excluding carboxylic acids is 3. The molecule has 0 radical (unpaired) electrons. The summed E-state index contributed by atoms with van der Waals surface area (Å²) in [6, 6.07) is 6.83. The molecule has 1 aromatic heterocycles.